The molecule has 0 aliphatic heterocycles. The van der Waals surface area contributed by atoms with E-state index in [1.54, 1.807) is 0 Å². The second kappa shape index (κ2) is 3.38. The summed E-state index contributed by atoms with van der Waals surface area (Å²) >= 11 is 0. The SMILES string of the molecule is CC(C)NC[C@@H](C)C1CC1. The van der Waals surface area contributed by atoms with Crippen molar-refractivity contribution in [3.63, 3.8) is 0 Å². The molecule has 0 bridgehead atoms. The first-order valence-corrected chi connectivity index (χ1v) is 4.43. The van der Waals surface area contributed by atoms with Crippen LogP contribution in [0.25, 0.3) is 0 Å². The molecule has 1 heteroatoms. The Labute approximate surface area is 64.2 Å². The molecule has 1 N–H and O–H groups in total. The van der Waals surface area contributed by atoms with Gasteiger partial charge in [-0.3, -0.25) is 0 Å². The number of nitrogens with one attached hydrogen (secondary N) is 1. The summed E-state index contributed by atoms with van der Waals surface area (Å²) in [5, 5.41) is 3.47. The van der Waals surface area contributed by atoms with Gasteiger partial charge in [0.15, 0.2) is 0 Å². The summed E-state index contributed by atoms with van der Waals surface area (Å²) in [6.45, 7) is 7.98. The highest BCUT2D eigenvalue weighted by Crippen LogP contribution is 2.36. The van der Waals surface area contributed by atoms with Crippen LogP contribution in [-0.4, -0.2) is 12.6 Å². The largest absolute Gasteiger partial charge is 0.314 e. The van der Waals surface area contributed by atoms with Crippen molar-refractivity contribution in [1.82, 2.24) is 5.32 Å². The molecule has 0 aromatic heterocycles. The molecule has 60 valence electrons. The van der Waals surface area contributed by atoms with Crippen molar-refractivity contribution in [2.45, 2.75) is 39.7 Å². The number of hydrogen-bond acceptors (Lipinski definition) is 1. The van der Waals surface area contributed by atoms with Gasteiger partial charge in [0.2, 0.25) is 0 Å². The summed E-state index contributed by atoms with van der Waals surface area (Å²) in [5.41, 5.74) is 0. The van der Waals surface area contributed by atoms with Gasteiger partial charge >= 0.3 is 0 Å². The molecule has 1 atom stereocenters. The Morgan fingerprint density at radius 1 is 1.30 bits per heavy atom. The van der Waals surface area contributed by atoms with Gasteiger partial charge in [0.1, 0.15) is 0 Å². The summed E-state index contributed by atoms with van der Waals surface area (Å²) < 4.78 is 0. The number of rotatable bonds is 4. The first kappa shape index (κ1) is 8.06. The molecule has 0 saturated heterocycles. The highest BCUT2D eigenvalue weighted by molar-refractivity contribution is 4.79. The van der Waals surface area contributed by atoms with Gasteiger partial charge in [-0.25, -0.2) is 0 Å². The molecule has 1 aliphatic carbocycles. The Morgan fingerprint density at radius 2 is 1.90 bits per heavy atom. The third-order valence-corrected chi connectivity index (χ3v) is 2.27. The average Bonchev–Trinajstić information content (AvgIpc) is 2.63. The molecule has 0 radical (unpaired) electrons. The lowest BCUT2D eigenvalue weighted by Gasteiger charge is -2.13. The smallest absolute Gasteiger partial charge is 0.00104 e. The average molecular weight is 141 g/mol. The van der Waals surface area contributed by atoms with Crippen LogP contribution < -0.4 is 5.32 Å². The third kappa shape index (κ3) is 2.70. The maximum atomic E-state index is 3.47. The van der Waals surface area contributed by atoms with Gasteiger partial charge in [-0.15, -0.1) is 0 Å². The van der Waals surface area contributed by atoms with E-state index in [1.165, 1.54) is 19.4 Å². The molecule has 0 amide bonds. The molecule has 1 nitrogen and oxygen atoms in total. The van der Waals surface area contributed by atoms with Crippen LogP contribution in [0.3, 0.4) is 0 Å². The maximum Gasteiger partial charge on any atom is 0.00104 e. The molecule has 1 saturated carbocycles. The van der Waals surface area contributed by atoms with Gasteiger partial charge in [-0.2, -0.15) is 0 Å². The third-order valence-electron chi connectivity index (χ3n) is 2.27. The predicted octanol–water partition coefficient (Wildman–Crippen LogP) is 2.03. The molecule has 0 aromatic carbocycles. The minimum Gasteiger partial charge on any atom is -0.314 e. The molecule has 1 aliphatic rings. The van der Waals surface area contributed by atoms with E-state index < -0.39 is 0 Å². The highest BCUT2D eigenvalue weighted by atomic mass is 14.9. The summed E-state index contributed by atoms with van der Waals surface area (Å²) in [6.07, 6.45) is 2.95. The van der Waals surface area contributed by atoms with E-state index in [4.69, 9.17) is 0 Å². The van der Waals surface area contributed by atoms with Crippen molar-refractivity contribution in [3.05, 3.63) is 0 Å². The van der Waals surface area contributed by atoms with Crippen LogP contribution in [0.5, 0.6) is 0 Å². The fourth-order valence-electron chi connectivity index (χ4n) is 1.25. The Balaban J connectivity index is 2.00. The Hall–Kier alpha value is -0.0400. The molecule has 0 aromatic rings. The van der Waals surface area contributed by atoms with Crippen LogP contribution in [0.1, 0.15) is 33.6 Å². The quantitative estimate of drug-likeness (QED) is 0.631. The monoisotopic (exact) mass is 141 g/mol. The van der Waals surface area contributed by atoms with Crippen LogP contribution in [0.4, 0.5) is 0 Å². The molecule has 0 heterocycles. The van der Waals surface area contributed by atoms with Crippen molar-refractivity contribution in [2.75, 3.05) is 6.54 Å². The lowest BCUT2D eigenvalue weighted by molar-refractivity contribution is 0.437. The van der Waals surface area contributed by atoms with Crippen LogP contribution in [-0.2, 0) is 0 Å². The summed E-state index contributed by atoms with van der Waals surface area (Å²) in [5.74, 6) is 1.95. The van der Waals surface area contributed by atoms with Gasteiger partial charge in [0.25, 0.3) is 0 Å². The highest BCUT2D eigenvalue weighted by Gasteiger charge is 2.27. The zero-order chi connectivity index (χ0) is 7.56. The van der Waals surface area contributed by atoms with E-state index in [0.717, 1.165) is 11.8 Å². The first-order valence-electron chi connectivity index (χ1n) is 4.43. The van der Waals surface area contributed by atoms with E-state index in [9.17, 15) is 0 Å². The topological polar surface area (TPSA) is 12.0 Å². The van der Waals surface area contributed by atoms with Crippen molar-refractivity contribution in [1.29, 1.82) is 0 Å². The van der Waals surface area contributed by atoms with Crippen molar-refractivity contribution >= 4 is 0 Å². The van der Waals surface area contributed by atoms with Crippen LogP contribution in [0.2, 0.25) is 0 Å². The first-order chi connectivity index (χ1) is 4.70. The molecule has 0 spiro atoms. The van der Waals surface area contributed by atoms with Crippen molar-refractivity contribution in [3.8, 4) is 0 Å². The lowest BCUT2D eigenvalue weighted by atomic mass is 10.1. The molecular weight excluding hydrogens is 122 g/mol. The fraction of sp³-hybridized carbons (Fsp3) is 1.00. The number of hydrogen-bond donors (Lipinski definition) is 1. The zero-order valence-corrected chi connectivity index (χ0v) is 7.35. The van der Waals surface area contributed by atoms with Gasteiger partial charge < -0.3 is 5.32 Å². The molecule has 10 heavy (non-hydrogen) atoms. The molecule has 1 fully saturated rings. The van der Waals surface area contributed by atoms with Crippen LogP contribution >= 0.6 is 0 Å². The Kier molecular flexibility index (Phi) is 2.72. The normalized spacial score (nSPS) is 21.6. The molecular formula is C9H19N. The van der Waals surface area contributed by atoms with Crippen LogP contribution in [0.15, 0.2) is 0 Å². The minimum absolute atomic E-state index is 0.654. The zero-order valence-electron chi connectivity index (χ0n) is 7.35. The summed E-state index contributed by atoms with van der Waals surface area (Å²) in [7, 11) is 0. The van der Waals surface area contributed by atoms with Gasteiger partial charge in [0.05, 0.1) is 0 Å². The molecule has 1 rings (SSSR count). The van der Waals surface area contributed by atoms with E-state index in [2.05, 4.69) is 26.1 Å². The van der Waals surface area contributed by atoms with Gasteiger partial charge in [0, 0.05) is 6.04 Å². The van der Waals surface area contributed by atoms with Crippen LogP contribution in [0, 0.1) is 11.8 Å². The lowest BCUT2D eigenvalue weighted by Crippen LogP contribution is -2.28. The van der Waals surface area contributed by atoms with Gasteiger partial charge in [-0.1, -0.05) is 20.8 Å². The Morgan fingerprint density at radius 3 is 2.30 bits per heavy atom. The predicted molar refractivity (Wildman–Crippen MR) is 45.0 cm³/mol. The van der Waals surface area contributed by atoms with E-state index in [-0.39, 0.29) is 0 Å². The van der Waals surface area contributed by atoms with E-state index in [0.29, 0.717) is 6.04 Å². The summed E-state index contributed by atoms with van der Waals surface area (Å²) in [6, 6.07) is 0.654. The second-order valence-corrected chi connectivity index (χ2v) is 3.88. The van der Waals surface area contributed by atoms with Crippen molar-refractivity contribution < 1.29 is 0 Å². The van der Waals surface area contributed by atoms with E-state index in [1.807, 2.05) is 0 Å². The Bertz CT molecular complexity index is 94.9. The maximum absolute atomic E-state index is 3.47. The summed E-state index contributed by atoms with van der Waals surface area (Å²) in [4.78, 5) is 0. The van der Waals surface area contributed by atoms with Gasteiger partial charge in [-0.05, 0) is 31.2 Å². The van der Waals surface area contributed by atoms with E-state index >= 15 is 0 Å². The van der Waals surface area contributed by atoms with Crippen molar-refractivity contribution in [2.24, 2.45) is 11.8 Å². The fourth-order valence-corrected chi connectivity index (χ4v) is 1.25. The minimum atomic E-state index is 0.654. The standard InChI is InChI=1S/C9H19N/c1-7(2)10-6-8(3)9-4-5-9/h7-10H,4-6H2,1-3H3/t8-/m1/s1. The second-order valence-electron chi connectivity index (χ2n) is 3.88. The molecule has 0 unspecified atom stereocenters.